The quantitative estimate of drug-likeness (QED) is 0.667. The zero-order valence-electron chi connectivity index (χ0n) is 13.9. The van der Waals surface area contributed by atoms with Crippen LogP contribution < -0.4 is 15.0 Å². The van der Waals surface area contributed by atoms with Crippen LogP contribution in [0.3, 0.4) is 0 Å². The highest BCUT2D eigenvalue weighted by Gasteiger charge is 2.25. The van der Waals surface area contributed by atoms with Crippen LogP contribution in [0.15, 0.2) is 48.5 Å². The standard InChI is InChI=1S/C18H12F4N4O/c1-26-8-15(27-14-5-3-10(20)7-13(14)22)23-18-17(26)16(24-25-18)11-6-9(19)2-4-12(11)21/h2-8H,1H3,(H2,23,24,25). The first-order valence-corrected chi connectivity index (χ1v) is 7.81. The number of hydrogen-bond donors (Lipinski definition) is 2. The summed E-state index contributed by atoms with van der Waals surface area (Å²) in [6.45, 7) is 0. The summed E-state index contributed by atoms with van der Waals surface area (Å²) >= 11 is 0. The fourth-order valence-corrected chi connectivity index (χ4v) is 2.76. The lowest BCUT2D eigenvalue weighted by Crippen LogP contribution is -2.22. The van der Waals surface area contributed by atoms with Crippen molar-refractivity contribution in [1.29, 1.82) is 0 Å². The highest BCUT2D eigenvalue weighted by atomic mass is 19.1. The van der Waals surface area contributed by atoms with Gasteiger partial charge in [-0.15, -0.1) is 0 Å². The monoisotopic (exact) mass is 376 g/mol. The molecule has 0 spiro atoms. The predicted molar refractivity (Wildman–Crippen MR) is 91.0 cm³/mol. The number of halogens is 4. The molecule has 0 unspecified atom stereocenters. The summed E-state index contributed by atoms with van der Waals surface area (Å²) < 4.78 is 59.8. The summed E-state index contributed by atoms with van der Waals surface area (Å²) in [5, 5.41) is 9.52. The van der Waals surface area contributed by atoms with Crippen LogP contribution in [-0.2, 0) is 0 Å². The van der Waals surface area contributed by atoms with Gasteiger partial charge in [-0.25, -0.2) is 17.6 Å². The summed E-state index contributed by atoms with van der Waals surface area (Å²) in [4.78, 5) is 1.56. The van der Waals surface area contributed by atoms with E-state index >= 15 is 0 Å². The molecule has 0 fully saturated rings. The van der Waals surface area contributed by atoms with E-state index in [1.807, 2.05) is 0 Å². The van der Waals surface area contributed by atoms with Gasteiger partial charge in [-0.1, -0.05) is 0 Å². The molecule has 0 atom stereocenters. The number of rotatable bonds is 3. The molecule has 0 radical (unpaired) electrons. The Morgan fingerprint density at radius 1 is 0.963 bits per heavy atom. The van der Waals surface area contributed by atoms with Gasteiger partial charge in [0.15, 0.2) is 17.4 Å². The molecule has 0 bridgehead atoms. The molecule has 0 saturated heterocycles. The number of benzene rings is 2. The van der Waals surface area contributed by atoms with Gasteiger partial charge in [-0.05, 0) is 30.3 Å². The predicted octanol–water partition coefficient (Wildman–Crippen LogP) is 4.37. The molecule has 5 nitrogen and oxygen atoms in total. The molecule has 138 valence electrons. The third-order valence-electron chi connectivity index (χ3n) is 3.96. The minimum Gasteiger partial charge on any atom is -0.436 e. The van der Waals surface area contributed by atoms with Crippen molar-refractivity contribution >= 4 is 11.5 Å². The Bertz CT molecular complexity index is 1060. The van der Waals surface area contributed by atoms with E-state index in [4.69, 9.17) is 4.74 Å². The lowest BCUT2D eigenvalue weighted by molar-refractivity contribution is 0.396. The van der Waals surface area contributed by atoms with Gasteiger partial charge < -0.3 is 15.0 Å². The van der Waals surface area contributed by atoms with Gasteiger partial charge >= 0.3 is 0 Å². The highest BCUT2D eigenvalue weighted by molar-refractivity contribution is 5.86. The molecule has 1 aliphatic rings. The van der Waals surface area contributed by atoms with Crippen molar-refractivity contribution in [2.75, 3.05) is 17.3 Å². The van der Waals surface area contributed by atoms with Crippen LogP contribution >= 0.6 is 0 Å². The third-order valence-corrected chi connectivity index (χ3v) is 3.96. The maximum Gasteiger partial charge on any atom is 0.215 e. The zero-order chi connectivity index (χ0) is 19.1. The molecule has 1 aliphatic heterocycles. The first-order chi connectivity index (χ1) is 12.9. The molecular formula is C18H12F4N4O. The van der Waals surface area contributed by atoms with Crippen LogP contribution in [0.25, 0.3) is 11.3 Å². The van der Waals surface area contributed by atoms with Gasteiger partial charge in [0.2, 0.25) is 5.88 Å². The molecule has 3 aromatic rings. The molecule has 0 aliphatic carbocycles. The Kier molecular flexibility index (Phi) is 3.98. The topological polar surface area (TPSA) is 53.2 Å². The maximum atomic E-state index is 14.1. The Labute approximate surface area is 150 Å². The Balaban J connectivity index is 1.66. The van der Waals surface area contributed by atoms with E-state index in [1.54, 1.807) is 11.9 Å². The van der Waals surface area contributed by atoms with E-state index < -0.39 is 23.3 Å². The molecule has 0 saturated carbocycles. The lowest BCUT2D eigenvalue weighted by atomic mass is 10.1. The van der Waals surface area contributed by atoms with Crippen molar-refractivity contribution in [2.45, 2.75) is 0 Å². The minimum atomic E-state index is -0.865. The summed E-state index contributed by atoms with van der Waals surface area (Å²) in [7, 11) is 1.64. The molecule has 27 heavy (non-hydrogen) atoms. The van der Waals surface area contributed by atoms with Crippen LogP contribution in [-0.4, -0.2) is 17.2 Å². The number of anilines is 2. The van der Waals surface area contributed by atoms with Crippen LogP contribution in [0.1, 0.15) is 0 Å². The average molecular weight is 376 g/mol. The summed E-state index contributed by atoms with van der Waals surface area (Å²) in [6, 6.07) is 6.02. The average Bonchev–Trinajstić information content (AvgIpc) is 3.04. The molecule has 2 heterocycles. The van der Waals surface area contributed by atoms with Gasteiger partial charge in [0.25, 0.3) is 0 Å². The first-order valence-electron chi connectivity index (χ1n) is 7.81. The molecule has 2 aromatic carbocycles. The van der Waals surface area contributed by atoms with Crippen LogP contribution in [0, 0.1) is 23.3 Å². The lowest BCUT2D eigenvalue weighted by Gasteiger charge is -2.24. The van der Waals surface area contributed by atoms with Crippen molar-refractivity contribution in [3.05, 3.63) is 71.8 Å². The van der Waals surface area contributed by atoms with E-state index in [-0.39, 0.29) is 28.7 Å². The maximum absolute atomic E-state index is 14.1. The molecule has 1 aromatic heterocycles. The number of fused-ring (bicyclic) bond motifs is 1. The molecular weight excluding hydrogens is 364 g/mol. The molecule has 2 N–H and O–H groups in total. The first kappa shape index (κ1) is 17.0. The fourth-order valence-electron chi connectivity index (χ4n) is 2.76. The normalized spacial score (nSPS) is 13.1. The van der Waals surface area contributed by atoms with Crippen LogP contribution in [0.2, 0.25) is 0 Å². The van der Waals surface area contributed by atoms with E-state index in [1.165, 1.54) is 6.20 Å². The summed E-state index contributed by atoms with van der Waals surface area (Å²) in [5.41, 5.74) is 0.728. The van der Waals surface area contributed by atoms with Gasteiger partial charge in [0.05, 0.1) is 11.9 Å². The molecule has 4 rings (SSSR count). The minimum absolute atomic E-state index is 0.0137. The highest BCUT2D eigenvalue weighted by Crippen LogP contribution is 2.39. The number of nitrogens with zero attached hydrogens (tertiary/aromatic N) is 2. The number of aromatic nitrogens is 2. The molecule has 0 amide bonds. The van der Waals surface area contributed by atoms with Crippen molar-refractivity contribution < 1.29 is 22.3 Å². The number of H-pyrrole nitrogens is 1. The van der Waals surface area contributed by atoms with Crippen LogP contribution in [0.4, 0.5) is 29.1 Å². The zero-order valence-corrected chi connectivity index (χ0v) is 13.9. The van der Waals surface area contributed by atoms with Crippen molar-refractivity contribution in [1.82, 2.24) is 10.2 Å². The van der Waals surface area contributed by atoms with Gasteiger partial charge in [-0.3, -0.25) is 5.10 Å². The summed E-state index contributed by atoms with van der Waals surface area (Å²) in [6.07, 6.45) is 1.47. The van der Waals surface area contributed by atoms with Gasteiger partial charge in [0, 0.05) is 18.7 Å². The smallest absolute Gasteiger partial charge is 0.215 e. The largest absolute Gasteiger partial charge is 0.436 e. The van der Waals surface area contributed by atoms with Crippen LogP contribution in [0.5, 0.6) is 5.75 Å². The van der Waals surface area contributed by atoms with E-state index in [0.717, 1.165) is 30.3 Å². The second kappa shape index (κ2) is 6.35. The summed E-state index contributed by atoms with van der Waals surface area (Å²) in [5.74, 6) is -2.58. The van der Waals surface area contributed by atoms with E-state index in [2.05, 4.69) is 15.5 Å². The van der Waals surface area contributed by atoms with Gasteiger partial charge in [-0.2, -0.15) is 5.10 Å². The van der Waals surface area contributed by atoms with Crippen molar-refractivity contribution in [3.63, 3.8) is 0 Å². The fraction of sp³-hybridized carbons (Fsp3) is 0.0556. The molecule has 9 heteroatoms. The SMILES string of the molecule is CN1C=C(Oc2ccc(F)cc2F)Nc2n[nH]c(-c3cc(F)ccc3F)c21. The Morgan fingerprint density at radius 2 is 1.70 bits per heavy atom. The number of nitrogens with one attached hydrogen (secondary N) is 2. The van der Waals surface area contributed by atoms with Gasteiger partial charge in [0.1, 0.15) is 23.1 Å². The number of ether oxygens (including phenoxy) is 1. The second-order valence-electron chi connectivity index (χ2n) is 5.83. The van der Waals surface area contributed by atoms with E-state index in [0.29, 0.717) is 11.8 Å². The van der Waals surface area contributed by atoms with Crippen molar-refractivity contribution in [3.8, 4) is 17.0 Å². The number of hydrogen-bond acceptors (Lipinski definition) is 4. The van der Waals surface area contributed by atoms with E-state index in [9.17, 15) is 17.6 Å². The number of aromatic amines is 1. The third kappa shape index (κ3) is 3.07. The Hall–Kier alpha value is -3.49. The van der Waals surface area contributed by atoms with Crippen molar-refractivity contribution in [2.24, 2.45) is 0 Å². The Morgan fingerprint density at radius 3 is 2.48 bits per heavy atom. The second-order valence-corrected chi connectivity index (χ2v) is 5.83.